The van der Waals surface area contributed by atoms with E-state index in [0.717, 1.165) is 48.9 Å². The van der Waals surface area contributed by atoms with E-state index < -0.39 is 5.60 Å². The summed E-state index contributed by atoms with van der Waals surface area (Å²) in [6.07, 6.45) is 8.26. The fraction of sp³-hybridized carbons (Fsp3) is 0.273. The smallest absolute Gasteiger partial charge is 0.340 e. The first kappa shape index (κ1) is 17.3. The topological polar surface area (TPSA) is 85.2 Å². The van der Waals surface area contributed by atoms with Gasteiger partial charge in [-0.3, -0.25) is 10.1 Å². The number of halogens is 1. The van der Waals surface area contributed by atoms with Crippen molar-refractivity contribution in [3.63, 3.8) is 0 Å². The number of esters is 1. The number of hydrogen-bond acceptors (Lipinski definition) is 5. The fourth-order valence-electron chi connectivity index (χ4n) is 4.64. The largest absolute Gasteiger partial charge is 0.450 e. The highest BCUT2D eigenvalue weighted by molar-refractivity contribution is 6.00. The van der Waals surface area contributed by atoms with Gasteiger partial charge >= 0.3 is 5.97 Å². The lowest BCUT2D eigenvalue weighted by atomic mass is 9.79. The predicted octanol–water partition coefficient (Wildman–Crippen LogP) is 4.26. The normalized spacial score (nSPS) is 17.4. The molecule has 0 radical (unpaired) electrons. The third-order valence-corrected chi connectivity index (χ3v) is 6.12. The number of hydrogen-bond donors (Lipinski definition) is 1. The second-order valence-electron chi connectivity index (χ2n) is 7.94. The Bertz CT molecular complexity index is 1250. The average Bonchev–Trinajstić information content (AvgIpc) is 3.40. The Hall–Kier alpha value is -3.55. The highest BCUT2D eigenvalue weighted by Crippen LogP contribution is 2.48. The number of carbonyl (C=O) groups excluding carboxylic acids is 1. The molecule has 8 heteroatoms. The van der Waals surface area contributed by atoms with Gasteiger partial charge in [0.2, 0.25) is 0 Å². The Morgan fingerprint density at radius 2 is 1.90 bits per heavy atom. The number of pyridine rings is 1. The van der Waals surface area contributed by atoms with Crippen molar-refractivity contribution in [3.05, 3.63) is 59.7 Å². The Morgan fingerprint density at radius 1 is 1.10 bits per heavy atom. The van der Waals surface area contributed by atoms with Gasteiger partial charge in [0, 0.05) is 24.0 Å². The van der Waals surface area contributed by atoms with Gasteiger partial charge in [-0.25, -0.2) is 14.2 Å². The van der Waals surface area contributed by atoms with Crippen LogP contribution in [0.15, 0.2) is 42.7 Å². The highest BCUT2D eigenvalue weighted by Gasteiger charge is 2.47. The molecule has 1 aliphatic carbocycles. The van der Waals surface area contributed by atoms with Crippen molar-refractivity contribution in [3.8, 4) is 22.6 Å². The van der Waals surface area contributed by atoms with Crippen LogP contribution in [0.3, 0.4) is 0 Å². The number of ether oxygens (including phenoxy) is 1. The first-order valence-corrected chi connectivity index (χ1v) is 10.1. The third kappa shape index (κ3) is 2.49. The summed E-state index contributed by atoms with van der Waals surface area (Å²) in [6, 6.07) is 8.03. The first-order chi connectivity index (χ1) is 14.6. The summed E-state index contributed by atoms with van der Waals surface area (Å²) < 4.78 is 20.6. The maximum atomic E-state index is 13.2. The number of carbonyl (C=O) groups is 1. The molecule has 1 aliphatic heterocycles. The van der Waals surface area contributed by atoms with Crippen molar-refractivity contribution >= 4 is 11.6 Å². The molecule has 0 unspecified atom stereocenters. The number of nitrogens with one attached hydrogen (secondary N) is 1. The average molecular weight is 403 g/mol. The molecule has 7 nitrogen and oxygen atoms in total. The van der Waals surface area contributed by atoms with Gasteiger partial charge < -0.3 is 4.74 Å². The summed E-state index contributed by atoms with van der Waals surface area (Å²) in [5.41, 5.74) is 3.61. The molecule has 6 rings (SSSR count). The van der Waals surface area contributed by atoms with Crippen molar-refractivity contribution in [2.75, 3.05) is 0 Å². The van der Waals surface area contributed by atoms with Gasteiger partial charge in [-0.05, 0) is 55.5 Å². The number of aromatic amines is 1. The molecule has 4 heterocycles. The van der Waals surface area contributed by atoms with Crippen LogP contribution >= 0.6 is 0 Å². The number of aromatic nitrogens is 5. The van der Waals surface area contributed by atoms with Gasteiger partial charge in [-0.2, -0.15) is 4.63 Å². The van der Waals surface area contributed by atoms with E-state index in [2.05, 4.69) is 20.2 Å². The molecule has 1 saturated carbocycles. The van der Waals surface area contributed by atoms with Crippen molar-refractivity contribution in [1.82, 2.24) is 24.8 Å². The molecule has 2 aliphatic rings. The highest BCUT2D eigenvalue weighted by atomic mass is 19.1. The fourth-order valence-corrected chi connectivity index (χ4v) is 4.64. The molecule has 30 heavy (non-hydrogen) atoms. The second kappa shape index (κ2) is 6.22. The van der Waals surface area contributed by atoms with Crippen LogP contribution in [0.25, 0.3) is 28.3 Å². The molecule has 150 valence electrons. The van der Waals surface area contributed by atoms with E-state index in [1.807, 2.05) is 6.07 Å². The Labute approximate surface area is 170 Å². The second-order valence-corrected chi connectivity index (χ2v) is 7.94. The SMILES string of the molecule is O=C1OC2(CCCCC2)c2cncc(-c3nc4cc(-c5ccc(F)cc5)[nH]n4n3)c21. The first-order valence-electron chi connectivity index (χ1n) is 10.1. The van der Waals surface area contributed by atoms with E-state index >= 15 is 0 Å². The predicted molar refractivity (Wildman–Crippen MR) is 106 cm³/mol. The van der Waals surface area contributed by atoms with Gasteiger partial charge in [0.05, 0.1) is 16.8 Å². The van der Waals surface area contributed by atoms with Crippen LogP contribution in [-0.4, -0.2) is 30.8 Å². The standard InChI is InChI=1S/C22H18FN5O2/c23-14-6-4-13(5-7-14)17-10-18-25-20(27-28(18)26-17)15-11-24-12-16-19(15)21(29)30-22(16)8-2-1-3-9-22/h4-7,10-12,26H,1-3,8-9H2. The Balaban J connectivity index is 1.42. The minimum Gasteiger partial charge on any atom is -0.450 e. The van der Waals surface area contributed by atoms with Gasteiger partial charge in [0.25, 0.3) is 0 Å². The molecular formula is C22H18FN5O2. The Morgan fingerprint density at radius 3 is 2.67 bits per heavy atom. The van der Waals surface area contributed by atoms with Gasteiger partial charge in [0.1, 0.15) is 11.4 Å². The number of benzene rings is 1. The van der Waals surface area contributed by atoms with E-state index in [1.165, 1.54) is 12.1 Å². The summed E-state index contributed by atoms with van der Waals surface area (Å²) in [7, 11) is 0. The van der Waals surface area contributed by atoms with E-state index in [9.17, 15) is 9.18 Å². The minimum atomic E-state index is -0.552. The van der Waals surface area contributed by atoms with Crippen LogP contribution in [0.1, 0.15) is 48.0 Å². The molecule has 0 amide bonds. The lowest BCUT2D eigenvalue weighted by molar-refractivity contribution is -0.0281. The van der Waals surface area contributed by atoms with Crippen molar-refractivity contribution in [1.29, 1.82) is 0 Å². The van der Waals surface area contributed by atoms with Crippen LogP contribution in [0.2, 0.25) is 0 Å². The van der Waals surface area contributed by atoms with E-state index in [0.29, 0.717) is 22.6 Å². The minimum absolute atomic E-state index is 0.288. The zero-order valence-electron chi connectivity index (χ0n) is 16.1. The summed E-state index contributed by atoms with van der Waals surface area (Å²) in [6.45, 7) is 0. The van der Waals surface area contributed by atoms with E-state index in [4.69, 9.17) is 4.74 Å². The monoisotopic (exact) mass is 403 g/mol. The van der Waals surface area contributed by atoms with Crippen molar-refractivity contribution in [2.24, 2.45) is 0 Å². The molecule has 4 aromatic rings. The van der Waals surface area contributed by atoms with Gasteiger partial charge in [-0.1, -0.05) is 6.42 Å². The number of H-pyrrole nitrogens is 1. The molecule has 1 spiro atoms. The van der Waals surface area contributed by atoms with Gasteiger partial charge in [-0.15, -0.1) is 5.10 Å². The molecular weight excluding hydrogens is 385 g/mol. The van der Waals surface area contributed by atoms with Gasteiger partial charge in [0.15, 0.2) is 11.5 Å². The lowest BCUT2D eigenvalue weighted by Crippen LogP contribution is -2.28. The quantitative estimate of drug-likeness (QED) is 0.506. The zero-order chi connectivity index (χ0) is 20.3. The molecule has 1 aromatic carbocycles. The molecule has 1 fully saturated rings. The van der Waals surface area contributed by atoms with Crippen molar-refractivity contribution in [2.45, 2.75) is 37.7 Å². The van der Waals surface area contributed by atoms with Crippen LogP contribution in [0, 0.1) is 5.82 Å². The maximum Gasteiger partial charge on any atom is 0.340 e. The van der Waals surface area contributed by atoms with E-state index in [-0.39, 0.29) is 11.8 Å². The molecule has 0 atom stereocenters. The number of rotatable bonds is 2. The molecule has 0 saturated heterocycles. The summed E-state index contributed by atoms with van der Waals surface area (Å²) in [4.78, 5) is 21.8. The maximum absolute atomic E-state index is 13.2. The van der Waals surface area contributed by atoms with Crippen LogP contribution in [-0.2, 0) is 10.3 Å². The zero-order valence-corrected chi connectivity index (χ0v) is 16.1. The Kier molecular flexibility index (Phi) is 3.59. The molecule has 1 N–H and O–H groups in total. The van der Waals surface area contributed by atoms with Crippen LogP contribution < -0.4 is 0 Å². The lowest BCUT2D eigenvalue weighted by Gasteiger charge is -2.32. The number of nitrogens with zero attached hydrogens (tertiary/aromatic N) is 4. The van der Waals surface area contributed by atoms with Crippen LogP contribution in [0.5, 0.6) is 0 Å². The van der Waals surface area contributed by atoms with Crippen molar-refractivity contribution < 1.29 is 13.9 Å². The van der Waals surface area contributed by atoms with E-state index in [1.54, 1.807) is 29.2 Å². The molecule has 3 aromatic heterocycles. The summed E-state index contributed by atoms with van der Waals surface area (Å²) in [5.74, 6) is -0.195. The van der Waals surface area contributed by atoms with Crippen LogP contribution in [0.4, 0.5) is 4.39 Å². The number of fused-ring (bicyclic) bond motifs is 3. The summed E-state index contributed by atoms with van der Waals surface area (Å²) in [5, 5.41) is 7.66. The molecule has 0 bridgehead atoms. The summed E-state index contributed by atoms with van der Waals surface area (Å²) >= 11 is 0. The third-order valence-electron chi connectivity index (χ3n) is 6.12.